The van der Waals surface area contributed by atoms with Crippen molar-refractivity contribution in [2.24, 2.45) is 5.73 Å². The van der Waals surface area contributed by atoms with Gasteiger partial charge in [-0.2, -0.15) is 0 Å². The van der Waals surface area contributed by atoms with E-state index in [1.54, 1.807) is 28.9 Å². The number of thiazole rings is 1. The third-order valence-corrected chi connectivity index (χ3v) is 6.54. The zero-order valence-electron chi connectivity index (χ0n) is 11.9. The first-order valence-corrected chi connectivity index (χ1v) is 9.71. The molecule has 0 bridgehead atoms. The van der Waals surface area contributed by atoms with E-state index in [4.69, 9.17) is 22.4 Å². The molecular weight excluding hydrogens is 420 g/mol. The smallest absolute Gasteiger partial charge is 0.131 e. The molecular formula is C14H14BrClN4OS2. The summed E-state index contributed by atoms with van der Waals surface area (Å²) in [6.07, 6.45) is 2.37. The molecule has 23 heavy (non-hydrogen) atoms. The van der Waals surface area contributed by atoms with Crippen LogP contribution in [0.1, 0.15) is 9.88 Å². The van der Waals surface area contributed by atoms with Crippen molar-refractivity contribution in [3.63, 3.8) is 0 Å². The number of halogens is 2. The lowest BCUT2D eigenvalue weighted by molar-refractivity contribution is 0.265. The molecule has 1 atom stereocenters. The van der Waals surface area contributed by atoms with Crippen LogP contribution in [-0.2, 0) is 13.0 Å². The van der Waals surface area contributed by atoms with Crippen molar-refractivity contribution >= 4 is 66.1 Å². The molecule has 0 amide bonds. The van der Waals surface area contributed by atoms with Gasteiger partial charge >= 0.3 is 0 Å². The largest absolute Gasteiger partial charge is 0.395 e. The Kier molecular flexibility index (Phi) is 5.50. The molecule has 3 rings (SSSR count). The fourth-order valence-corrected chi connectivity index (χ4v) is 4.92. The Morgan fingerprint density at radius 2 is 2.30 bits per heavy atom. The molecule has 4 N–H and O–H groups in total. The average Bonchev–Trinajstić information content (AvgIpc) is 3.15. The summed E-state index contributed by atoms with van der Waals surface area (Å²) in [4.78, 5) is 9.72. The summed E-state index contributed by atoms with van der Waals surface area (Å²) in [6.45, 7) is 0.581. The first-order valence-electron chi connectivity index (χ1n) is 6.84. The molecule has 3 aromatic rings. The van der Waals surface area contributed by atoms with E-state index in [-0.39, 0.29) is 12.6 Å². The number of nitrogens with zero attached hydrogens (tertiary/aromatic N) is 2. The topological polar surface area (TPSA) is 84.1 Å². The van der Waals surface area contributed by atoms with Gasteiger partial charge in [0.25, 0.3) is 0 Å². The van der Waals surface area contributed by atoms with Gasteiger partial charge < -0.3 is 16.2 Å². The Morgan fingerprint density at radius 1 is 1.48 bits per heavy atom. The highest BCUT2D eigenvalue weighted by Crippen LogP contribution is 2.40. The summed E-state index contributed by atoms with van der Waals surface area (Å²) < 4.78 is 1.90. The van der Waals surface area contributed by atoms with E-state index in [9.17, 15) is 0 Å². The lowest BCUT2D eigenvalue weighted by Gasteiger charge is -2.06. The minimum Gasteiger partial charge on any atom is -0.395 e. The number of fused-ring (bicyclic) bond motifs is 1. The van der Waals surface area contributed by atoms with Crippen LogP contribution in [0.2, 0.25) is 5.15 Å². The second-order valence-corrected chi connectivity index (χ2v) is 8.20. The van der Waals surface area contributed by atoms with Gasteiger partial charge in [-0.15, -0.1) is 22.7 Å². The number of hydrogen-bond acceptors (Lipinski definition) is 7. The summed E-state index contributed by atoms with van der Waals surface area (Å²) in [7, 11) is 0. The predicted molar refractivity (Wildman–Crippen MR) is 101 cm³/mol. The Bertz CT molecular complexity index is 809. The molecule has 0 aliphatic rings. The van der Waals surface area contributed by atoms with Crippen LogP contribution < -0.4 is 11.1 Å². The molecule has 0 aliphatic carbocycles. The molecule has 1 unspecified atom stereocenters. The molecule has 0 spiro atoms. The maximum absolute atomic E-state index is 9.16. The molecule has 0 fully saturated rings. The highest BCUT2D eigenvalue weighted by molar-refractivity contribution is 9.10. The van der Waals surface area contributed by atoms with Crippen molar-refractivity contribution in [3.05, 3.63) is 37.2 Å². The predicted octanol–water partition coefficient (Wildman–Crippen LogP) is 3.64. The van der Waals surface area contributed by atoms with Gasteiger partial charge in [0, 0.05) is 35.0 Å². The quantitative estimate of drug-likeness (QED) is 0.517. The number of thiophene rings is 1. The summed E-state index contributed by atoms with van der Waals surface area (Å²) in [5, 5.41) is 15.9. The van der Waals surface area contributed by atoms with Crippen LogP contribution in [0.5, 0.6) is 0 Å². The standard InChI is InChI=1S/C14H14BrClN4OS2/c15-12-9(3-7(17)6-21)23-14-8(4-10(16)20-13(12)14)19-5-11-18-1-2-22-11/h1-2,4,7,21H,3,5-6,17H2,(H,19,20). The molecule has 0 radical (unpaired) electrons. The second-order valence-electron chi connectivity index (χ2n) is 4.94. The fourth-order valence-electron chi connectivity index (χ4n) is 2.13. The van der Waals surface area contributed by atoms with Gasteiger partial charge in [0.05, 0.1) is 33.5 Å². The molecule has 0 aromatic carbocycles. The molecule has 0 saturated heterocycles. The minimum absolute atomic E-state index is 0.0516. The molecule has 3 heterocycles. The van der Waals surface area contributed by atoms with Crippen molar-refractivity contribution in [1.29, 1.82) is 0 Å². The second kappa shape index (κ2) is 7.42. The number of pyridine rings is 1. The first-order chi connectivity index (χ1) is 11.1. The molecule has 0 aliphatic heterocycles. The summed E-state index contributed by atoms with van der Waals surface area (Å²) in [5.74, 6) is 0. The van der Waals surface area contributed by atoms with Crippen LogP contribution >= 0.6 is 50.2 Å². The number of hydrogen-bond donors (Lipinski definition) is 3. The third kappa shape index (κ3) is 3.84. The SMILES string of the molecule is NC(CO)Cc1sc2c(NCc3nccs3)cc(Cl)nc2c1Br. The van der Waals surface area contributed by atoms with Crippen molar-refractivity contribution in [2.45, 2.75) is 19.0 Å². The molecule has 5 nitrogen and oxygen atoms in total. The lowest BCUT2D eigenvalue weighted by Crippen LogP contribution is -2.26. The van der Waals surface area contributed by atoms with Gasteiger partial charge in [-0.1, -0.05) is 11.6 Å². The van der Waals surface area contributed by atoms with Crippen LogP contribution in [0.4, 0.5) is 5.69 Å². The van der Waals surface area contributed by atoms with E-state index >= 15 is 0 Å². The normalized spacial score (nSPS) is 12.7. The van der Waals surface area contributed by atoms with Crippen molar-refractivity contribution in [3.8, 4) is 0 Å². The zero-order chi connectivity index (χ0) is 16.4. The van der Waals surface area contributed by atoms with Crippen LogP contribution in [0.3, 0.4) is 0 Å². The number of rotatable bonds is 6. The Balaban J connectivity index is 1.95. The summed E-state index contributed by atoms with van der Waals surface area (Å²) in [5.41, 5.74) is 7.58. The van der Waals surface area contributed by atoms with E-state index in [0.29, 0.717) is 18.1 Å². The summed E-state index contributed by atoms with van der Waals surface area (Å²) >= 11 is 12.9. The number of aromatic nitrogens is 2. The molecule has 3 aromatic heterocycles. The van der Waals surface area contributed by atoms with E-state index in [0.717, 1.165) is 30.3 Å². The van der Waals surface area contributed by atoms with E-state index < -0.39 is 0 Å². The van der Waals surface area contributed by atoms with Crippen LogP contribution in [0.15, 0.2) is 22.1 Å². The van der Waals surface area contributed by atoms with Crippen molar-refractivity contribution in [1.82, 2.24) is 9.97 Å². The molecule has 9 heteroatoms. The van der Waals surface area contributed by atoms with Crippen molar-refractivity contribution in [2.75, 3.05) is 11.9 Å². The van der Waals surface area contributed by atoms with Crippen LogP contribution in [-0.4, -0.2) is 27.7 Å². The number of nitrogens with one attached hydrogen (secondary N) is 1. The van der Waals surface area contributed by atoms with Gasteiger partial charge in [0.1, 0.15) is 10.2 Å². The number of nitrogens with two attached hydrogens (primary N) is 1. The van der Waals surface area contributed by atoms with Gasteiger partial charge in [-0.3, -0.25) is 0 Å². The lowest BCUT2D eigenvalue weighted by atomic mass is 10.2. The number of aliphatic hydroxyl groups excluding tert-OH is 1. The monoisotopic (exact) mass is 432 g/mol. The Labute approximate surface area is 154 Å². The average molecular weight is 434 g/mol. The number of anilines is 1. The van der Waals surface area contributed by atoms with E-state index in [2.05, 4.69) is 31.2 Å². The van der Waals surface area contributed by atoms with Gasteiger partial charge in [-0.05, 0) is 15.9 Å². The van der Waals surface area contributed by atoms with Gasteiger partial charge in [0.2, 0.25) is 0 Å². The summed E-state index contributed by atoms with van der Waals surface area (Å²) in [6, 6.07) is 1.53. The first kappa shape index (κ1) is 17.1. The van der Waals surface area contributed by atoms with Crippen LogP contribution in [0.25, 0.3) is 10.2 Å². The minimum atomic E-state index is -0.290. The maximum atomic E-state index is 9.16. The van der Waals surface area contributed by atoms with Gasteiger partial charge in [0.15, 0.2) is 0 Å². The van der Waals surface area contributed by atoms with E-state index in [1.165, 1.54) is 0 Å². The highest BCUT2D eigenvalue weighted by atomic mass is 79.9. The molecule has 122 valence electrons. The van der Waals surface area contributed by atoms with Crippen molar-refractivity contribution < 1.29 is 5.11 Å². The van der Waals surface area contributed by atoms with Crippen LogP contribution in [0, 0.1) is 0 Å². The van der Waals surface area contributed by atoms with E-state index in [1.807, 2.05) is 11.4 Å². The Morgan fingerprint density at radius 3 is 3.00 bits per heavy atom. The third-order valence-electron chi connectivity index (χ3n) is 3.22. The molecule has 0 saturated carbocycles. The Hall–Kier alpha value is -0.770. The number of aliphatic hydroxyl groups is 1. The zero-order valence-corrected chi connectivity index (χ0v) is 15.9. The fraction of sp³-hybridized carbons (Fsp3) is 0.286. The highest BCUT2D eigenvalue weighted by Gasteiger charge is 2.17. The maximum Gasteiger partial charge on any atom is 0.131 e. The van der Waals surface area contributed by atoms with Gasteiger partial charge in [-0.25, -0.2) is 9.97 Å².